The Hall–Kier alpha value is -0.990. The van der Waals surface area contributed by atoms with Gasteiger partial charge in [0.15, 0.2) is 0 Å². The highest BCUT2D eigenvalue weighted by Gasteiger charge is 2.32. The Labute approximate surface area is 131 Å². The first kappa shape index (κ1) is 20.0. The summed E-state index contributed by atoms with van der Waals surface area (Å²) >= 11 is -0.385. The van der Waals surface area contributed by atoms with Crippen LogP contribution in [0, 0.1) is 0 Å². The molecular weight excluding hydrogens is 327 g/mol. The van der Waals surface area contributed by atoms with Gasteiger partial charge in [-0.15, -0.1) is 12.4 Å². The summed E-state index contributed by atoms with van der Waals surface area (Å²) in [5.74, 6) is -0.553. The minimum absolute atomic E-state index is 0. The Morgan fingerprint density at radius 3 is 2.67 bits per heavy atom. The van der Waals surface area contributed by atoms with Crippen LogP contribution in [-0.2, 0) is 0 Å². The van der Waals surface area contributed by atoms with E-state index in [-0.39, 0.29) is 34.8 Å². The zero-order chi connectivity index (χ0) is 15.0. The highest BCUT2D eigenvalue weighted by atomic mass is 35.5. The normalized spacial score (nSPS) is 10.9. The number of nitrogens with zero attached hydrogens (tertiary/aromatic N) is 1. The third kappa shape index (κ3) is 8.13. The van der Waals surface area contributed by atoms with Crippen molar-refractivity contribution in [2.24, 2.45) is 0 Å². The summed E-state index contributed by atoms with van der Waals surface area (Å²) in [7, 11) is 0. The molecule has 0 unspecified atom stereocenters. The lowest BCUT2D eigenvalue weighted by atomic mass is 10.2. The van der Waals surface area contributed by atoms with E-state index < -0.39 is 11.4 Å². The van der Waals surface area contributed by atoms with Gasteiger partial charge in [-0.25, -0.2) is 4.98 Å². The number of carbonyl (C=O) groups excluding carboxylic acids is 1. The third-order valence-corrected chi connectivity index (χ3v) is 2.99. The number of aromatic nitrogens is 1. The van der Waals surface area contributed by atoms with Gasteiger partial charge >= 0.3 is 5.51 Å². The van der Waals surface area contributed by atoms with E-state index >= 15 is 0 Å². The summed E-state index contributed by atoms with van der Waals surface area (Å²) in [5, 5.41) is 5.31. The van der Waals surface area contributed by atoms with Crippen LogP contribution in [0.15, 0.2) is 23.4 Å². The van der Waals surface area contributed by atoms with Gasteiger partial charge < -0.3 is 10.6 Å². The number of thioether (sulfide) groups is 1. The summed E-state index contributed by atoms with van der Waals surface area (Å²) in [6, 6.07) is 2.76. The lowest BCUT2D eigenvalue weighted by molar-refractivity contribution is -0.0329. The Kier molecular flexibility index (Phi) is 9.39. The molecule has 0 aliphatic heterocycles. The fourth-order valence-electron chi connectivity index (χ4n) is 1.42. The van der Waals surface area contributed by atoms with Crippen LogP contribution in [-0.4, -0.2) is 36.0 Å². The SMILES string of the molecule is CCCNCCNC(=O)c1cccnc1SC(F)(F)F.Cl. The highest BCUT2D eigenvalue weighted by Crippen LogP contribution is 2.37. The molecule has 2 N–H and O–H groups in total. The van der Waals surface area contributed by atoms with Crippen LogP contribution in [0.4, 0.5) is 13.2 Å². The van der Waals surface area contributed by atoms with Gasteiger partial charge in [0.2, 0.25) is 0 Å². The van der Waals surface area contributed by atoms with Crippen LogP contribution < -0.4 is 10.6 Å². The summed E-state index contributed by atoms with van der Waals surface area (Å²) in [6.45, 7) is 3.77. The maximum absolute atomic E-state index is 12.4. The van der Waals surface area contributed by atoms with E-state index in [0.29, 0.717) is 13.1 Å². The van der Waals surface area contributed by atoms with E-state index in [2.05, 4.69) is 15.6 Å². The third-order valence-electron chi connectivity index (χ3n) is 2.24. The van der Waals surface area contributed by atoms with Crippen molar-refractivity contribution in [3.63, 3.8) is 0 Å². The molecule has 1 heterocycles. The van der Waals surface area contributed by atoms with Gasteiger partial charge in [0, 0.05) is 31.0 Å². The molecule has 0 aliphatic rings. The van der Waals surface area contributed by atoms with E-state index in [1.165, 1.54) is 18.3 Å². The van der Waals surface area contributed by atoms with Crippen molar-refractivity contribution in [1.82, 2.24) is 15.6 Å². The van der Waals surface area contributed by atoms with Gasteiger partial charge in [0.25, 0.3) is 5.91 Å². The zero-order valence-electron chi connectivity index (χ0n) is 11.4. The van der Waals surface area contributed by atoms with Gasteiger partial charge in [-0.3, -0.25) is 4.79 Å². The lowest BCUT2D eigenvalue weighted by Gasteiger charge is -2.10. The summed E-state index contributed by atoms with van der Waals surface area (Å²) < 4.78 is 37.1. The topological polar surface area (TPSA) is 54.0 Å². The Morgan fingerprint density at radius 2 is 2.05 bits per heavy atom. The predicted octanol–water partition coefficient (Wildman–Crippen LogP) is 2.84. The number of hydrogen-bond donors (Lipinski definition) is 2. The first-order valence-electron chi connectivity index (χ1n) is 6.13. The number of amides is 1. The average Bonchev–Trinajstić information content (AvgIpc) is 2.37. The summed E-state index contributed by atoms with van der Waals surface area (Å²) in [6.07, 6.45) is 2.20. The molecule has 0 saturated carbocycles. The van der Waals surface area contributed by atoms with Gasteiger partial charge in [-0.2, -0.15) is 13.2 Å². The molecule has 0 aromatic carbocycles. The molecule has 1 aromatic rings. The number of pyridine rings is 1. The van der Waals surface area contributed by atoms with Crippen LogP contribution in [0.25, 0.3) is 0 Å². The van der Waals surface area contributed by atoms with E-state index in [1.54, 1.807) is 0 Å². The maximum atomic E-state index is 12.4. The average molecular weight is 344 g/mol. The quantitative estimate of drug-likeness (QED) is 0.590. The fraction of sp³-hybridized carbons (Fsp3) is 0.500. The molecular formula is C12H17ClF3N3OS. The van der Waals surface area contributed by atoms with Crippen molar-refractivity contribution < 1.29 is 18.0 Å². The van der Waals surface area contributed by atoms with Crippen LogP contribution in [0.3, 0.4) is 0 Å². The minimum Gasteiger partial charge on any atom is -0.351 e. The van der Waals surface area contributed by atoms with Gasteiger partial charge in [-0.05, 0) is 25.1 Å². The fourth-order valence-corrected chi connectivity index (χ4v) is 2.02. The minimum atomic E-state index is -4.47. The second kappa shape index (κ2) is 9.86. The molecule has 21 heavy (non-hydrogen) atoms. The number of carbonyl (C=O) groups is 1. The molecule has 0 atom stereocenters. The van der Waals surface area contributed by atoms with E-state index in [0.717, 1.165) is 13.0 Å². The molecule has 0 bridgehead atoms. The monoisotopic (exact) mass is 343 g/mol. The first-order chi connectivity index (χ1) is 9.44. The Bertz CT molecular complexity index is 446. The molecule has 0 saturated heterocycles. The van der Waals surface area contributed by atoms with Crippen LogP contribution in [0.5, 0.6) is 0 Å². The molecule has 1 amide bonds. The van der Waals surface area contributed by atoms with Crippen molar-refractivity contribution in [3.8, 4) is 0 Å². The number of nitrogens with one attached hydrogen (secondary N) is 2. The van der Waals surface area contributed by atoms with Crippen LogP contribution >= 0.6 is 24.2 Å². The Balaban J connectivity index is 0.00000400. The second-order valence-electron chi connectivity index (χ2n) is 3.91. The largest absolute Gasteiger partial charge is 0.447 e. The van der Waals surface area contributed by atoms with Crippen molar-refractivity contribution >= 4 is 30.1 Å². The van der Waals surface area contributed by atoms with Crippen molar-refractivity contribution in [1.29, 1.82) is 0 Å². The molecule has 0 spiro atoms. The summed E-state index contributed by atoms with van der Waals surface area (Å²) in [5.41, 5.74) is -4.53. The smallest absolute Gasteiger partial charge is 0.351 e. The molecule has 0 radical (unpaired) electrons. The number of alkyl halides is 3. The van der Waals surface area contributed by atoms with Crippen molar-refractivity contribution in [3.05, 3.63) is 23.9 Å². The van der Waals surface area contributed by atoms with Gasteiger partial charge in [-0.1, -0.05) is 6.92 Å². The number of halogens is 4. The zero-order valence-corrected chi connectivity index (χ0v) is 13.0. The highest BCUT2D eigenvalue weighted by molar-refractivity contribution is 8.00. The molecule has 0 fully saturated rings. The van der Waals surface area contributed by atoms with E-state index in [1.807, 2.05) is 6.92 Å². The van der Waals surface area contributed by atoms with Crippen molar-refractivity contribution in [2.75, 3.05) is 19.6 Å². The predicted molar refractivity (Wildman–Crippen MR) is 78.9 cm³/mol. The molecule has 120 valence electrons. The Morgan fingerprint density at radius 1 is 1.33 bits per heavy atom. The first-order valence-corrected chi connectivity index (χ1v) is 6.95. The molecule has 1 rings (SSSR count). The lowest BCUT2D eigenvalue weighted by Crippen LogP contribution is -2.32. The van der Waals surface area contributed by atoms with E-state index in [9.17, 15) is 18.0 Å². The van der Waals surface area contributed by atoms with E-state index in [4.69, 9.17) is 0 Å². The maximum Gasteiger partial charge on any atom is 0.447 e. The van der Waals surface area contributed by atoms with Gasteiger partial charge in [0.05, 0.1) is 5.56 Å². The number of rotatable bonds is 7. The summed E-state index contributed by atoms with van der Waals surface area (Å²) in [4.78, 5) is 15.4. The molecule has 4 nitrogen and oxygen atoms in total. The van der Waals surface area contributed by atoms with Crippen molar-refractivity contribution in [2.45, 2.75) is 23.9 Å². The molecule has 0 aliphatic carbocycles. The van der Waals surface area contributed by atoms with Gasteiger partial charge in [0.1, 0.15) is 5.03 Å². The molecule has 9 heteroatoms. The number of hydrogen-bond acceptors (Lipinski definition) is 4. The molecule has 1 aromatic heterocycles. The second-order valence-corrected chi connectivity index (χ2v) is 4.96. The van der Waals surface area contributed by atoms with Crippen LogP contribution in [0.1, 0.15) is 23.7 Å². The standard InChI is InChI=1S/C12H16F3N3OS.ClH/c1-2-5-16-7-8-17-10(19)9-4-3-6-18-11(9)20-12(13,14)15;/h3-4,6,16H,2,5,7-8H2,1H3,(H,17,19);1H. The van der Waals surface area contributed by atoms with Crippen LogP contribution in [0.2, 0.25) is 0 Å².